The quantitative estimate of drug-likeness (QED) is 0.822. The van der Waals surface area contributed by atoms with Crippen LogP contribution in [0, 0.1) is 0 Å². The maximum Gasteiger partial charge on any atom is 0.434 e. The topological polar surface area (TPSA) is 45.2 Å². The average Bonchev–Trinajstić information content (AvgIpc) is 3.23. The van der Waals surface area contributed by atoms with Gasteiger partial charge in [-0.25, -0.2) is 4.98 Å². The van der Waals surface area contributed by atoms with Gasteiger partial charge in [-0.1, -0.05) is 38.1 Å². The number of amides is 1. The number of nitrogens with zero attached hydrogens (tertiary/aromatic N) is 2. The van der Waals surface area contributed by atoms with Crippen LogP contribution in [-0.2, 0) is 17.4 Å². The standard InChI is InChI=1S/C19H22F3N3OS/c1-12(2)14-5-3-13(4-6-14)9-17(26)23-15-7-8-25(10-15)18-24-16(11-27-18)19(20,21)22/h3-6,11-12,15H,7-10H2,1-2H3,(H,23,26)/t15-/m1/s1. The summed E-state index contributed by atoms with van der Waals surface area (Å²) in [7, 11) is 0. The van der Waals surface area contributed by atoms with Gasteiger partial charge in [0.1, 0.15) is 0 Å². The number of halogens is 3. The molecule has 4 nitrogen and oxygen atoms in total. The van der Waals surface area contributed by atoms with Crippen LogP contribution in [-0.4, -0.2) is 30.0 Å². The molecule has 1 saturated heterocycles. The van der Waals surface area contributed by atoms with E-state index in [1.54, 1.807) is 4.90 Å². The fourth-order valence-electron chi connectivity index (χ4n) is 3.08. The molecule has 1 aromatic carbocycles. The van der Waals surface area contributed by atoms with Gasteiger partial charge in [-0.3, -0.25) is 4.79 Å². The van der Waals surface area contributed by atoms with E-state index in [9.17, 15) is 18.0 Å². The Morgan fingerprint density at radius 1 is 1.33 bits per heavy atom. The summed E-state index contributed by atoms with van der Waals surface area (Å²) in [6, 6.07) is 7.91. The SMILES string of the molecule is CC(C)c1ccc(CC(=O)N[C@@H]2CCN(c3nc(C(F)(F)F)cs3)C2)cc1. The molecule has 146 valence electrons. The van der Waals surface area contributed by atoms with E-state index in [1.807, 2.05) is 24.3 Å². The maximum atomic E-state index is 12.7. The van der Waals surface area contributed by atoms with Gasteiger partial charge >= 0.3 is 6.18 Å². The summed E-state index contributed by atoms with van der Waals surface area (Å²) in [4.78, 5) is 17.7. The number of anilines is 1. The lowest BCUT2D eigenvalue weighted by Gasteiger charge is -2.16. The van der Waals surface area contributed by atoms with Crippen molar-refractivity contribution in [3.05, 3.63) is 46.5 Å². The van der Waals surface area contributed by atoms with Crippen molar-refractivity contribution in [2.75, 3.05) is 18.0 Å². The number of thiazole rings is 1. The molecule has 0 unspecified atom stereocenters. The molecular weight excluding hydrogens is 375 g/mol. The van der Waals surface area contributed by atoms with Crippen LogP contribution in [0.1, 0.15) is 43.0 Å². The molecule has 0 radical (unpaired) electrons. The van der Waals surface area contributed by atoms with E-state index < -0.39 is 11.9 Å². The largest absolute Gasteiger partial charge is 0.434 e. The van der Waals surface area contributed by atoms with Crippen molar-refractivity contribution in [1.29, 1.82) is 0 Å². The molecule has 1 amide bonds. The molecule has 8 heteroatoms. The second-order valence-corrected chi connectivity index (χ2v) is 7.92. The van der Waals surface area contributed by atoms with Crippen LogP contribution < -0.4 is 10.2 Å². The molecule has 2 heterocycles. The summed E-state index contributed by atoms with van der Waals surface area (Å²) in [6.45, 7) is 5.29. The summed E-state index contributed by atoms with van der Waals surface area (Å²) in [5.41, 5.74) is 1.31. The van der Waals surface area contributed by atoms with Gasteiger partial charge in [0.25, 0.3) is 0 Å². The van der Waals surface area contributed by atoms with E-state index >= 15 is 0 Å². The Balaban J connectivity index is 1.52. The predicted octanol–water partition coefficient (Wildman–Crippen LogP) is 4.22. The molecule has 1 aliphatic rings. The highest BCUT2D eigenvalue weighted by atomic mass is 32.1. The average molecular weight is 397 g/mol. The van der Waals surface area contributed by atoms with E-state index in [-0.39, 0.29) is 11.9 Å². The number of benzene rings is 1. The molecule has 2 aromatic rings. The Kier molecular flexibility index (Phi) is 5.74. The Morgan fingerprint density at radius 3 is 2.63 bits per heavy atom. The van der Waals surface area contributed by atoms with Crippen molar-refractivity contribution < 1.29 is 18.0 Å². The first-order valence-corrected chi connectivity index (χ1v) is 9.76. The second kappa shape index (κ2) is 7.88. The fraction of sp³-hybridized carbons (Fsp3) is 0.474. The fourth-order valence-corrected chi connectivity index (χ4v) is 3.95. The van der Waals surface area contributed by atoms with Gasteiger partial charge in [0.05, 0.1) is 6.42 Å². The predicted molar refractivity (Wildman–Crippen MR) is 100 cm³/mol. The molecule has 1 aliphatic heterocycles. The van der Waals surface area contributed by atoms with Crippen molar-refractivity contribution >= 4 is 22.4 Å². The third kappa shape index (κ3) is 5.00. The summed E-state index contributed by atoms with van der Waals surface area (Å²) in [5.74, 6) is 0.371. The van der Waals surface area contributed by atoms with Crippen molar-refractivity contribution in [2.24, 2.45) is 0 Å². The molecule has 0 bridgehead atoms. The molecule has 3 rings (SSSR count). The van der Waals surface area contributed by atoms with Crippen LogP contribution in [0.3, 0.4) is 0 Å². The van der Waals surface area contributed by atoms with Crippen molar-refractivity contribution in [1.82, 2.24) is 10.3 Å². The molecule has 1 fully saturated rings. The van der Waals surface area contributed by atoms with Crippen LogP contribution in [0.4, 0.5) is 18.3 Å². The summed E-state index contributed by atoms with van der Waals surface area (Å²) in [5, 5.41) is 4.36. The van der Waals surface area contributed by atoms with Gasteiger partial charge in [-0.05, 0) is 23.5 Å². The van der Waals surface area contributed by atoms with Crippen molar-refractivity contribution in [3.63, 3.8) is 0 Å². The zero-order chi connectivity index (χ0) is 19.6. The minimum absolute atomic E-state index is 0.0748. The number of hydrogen-bond donors (Lipinski definition) is 1. The molecule has 1 aromatic heterocycles. The lowest BCUT2D eigenvalue weighted by molar-refractivity contribution is -0.140. The van der Waals surface area contributed by atoms with E-state index in [0.29, 0.717) is 37.0 Å². The minimum Gasteiger partial charge on any atom is -0.351 e. The highest BCUT2D eigenvalue weighted by molar-refractivity contribution is 7.13. The first-order valence-electron chi connectivity index (χ1n) is 8.88. The molecule has 0 spiro atoms. The van der Waals surface area contributed by atoms with Crippen molar-refractivity contribution in [3.8, 4) is 0 Å². The third-order valence-electron chi connectivity index (χ3n) is 4.62. The second-order valence-electron chi connectivity index (χ2n) is 7.09. The van der Waals surface area contributed by atoms with E-state index in [1.165, 1.54) is 5.56 Å². The Labute approximate surface area is 160 Å². The summed E-state index contributed by atoms with van der Waals surface area (Å²) in [6.07, 6.45) is -3.43. The molecule has 1 N–H and O–H groups in total. The zero-order valence-corrected chi connectivity index (χ0v) is 16.0. The van der Waals surface area contributed by atoms with Crippen molar-refractivity contribution in [2.45, 2.75) is 44.8 Å². The first kappa shape index (κ1) is 19.7. The van der Waals surface area contributed by atoms with Gasteiger partial charge in [0, 0.05) is 24.5 Å². The monoisotopic (exact) mass is 397 g/mol. The highest BCUT2D eigenvalue weighted by Gasteiger charge is 2.35. The number of rotatable bonds is 5. The van der Waals surface area contributed by atoms with Crippen LogP contribution in [0.5, 0.6) is 0 Å². The Bertz CT molecular complexity index is 786. The molecule has 1 atom stereocenters. The third-order valence-corrected chi connectivity index (χ3v) is 5.52. The lowest BCUT2D eigenvalue weighted by atomic mass is 10.0. The van der Waals surface area contributed by atoms with E-state index in [0.717, 1.165) is 22.3 Å². The minimum atomic E-state index is -4.42. The summed E-state index contributed by atoms with van der Waals surface area (Å²) >= 11 is 0.983. The van der Waals surface area contributed by atoms with Gasteiger partial charge < -0.3 is 10.2 Å². The number of nitrogens with one attached hydrogen (secondary N) is 1. The van der Waals surface area contributed by atoms with Gasteiger partial charge in [0.15, 0.2) is 10.8 Å². The Morgan fingerprint density at radius 2 is 2.04 bits per heavy atom. The molecule has 0 saturated carbocycles. The van der Waals surface area contributed by atoms with Crippen LogP contribution in [0.15, 0.2) is 29.6 Å². The zero-order valence-electron chi connectivity index (χ0n) is 15.2. The molecule has 0 aliphatic carbocycles. The van der Waals surface area contributed by atoms with Gasteiger partial charge in [-0.15, -0.1) is 11.3 Å². The Hall–Kier alpha value is -2.09. The first-order chi connectivity index (χ1) is 12.7. The number of hydrogen-bond acceptors (Lipinski definition) is 4. The highest BCUT2D eigenvalue weighted by Crippen LogP contribution is 2.33. The van der Waals surface area contributed by atoms with E-state index in [2.05, 4.69) is 24.1 Å². The van der Waals surface area contributed by atoms with Crippen LogP contribution in [0.25, 0.3) is 0 Å². The van der Waals surface area contributed by atoms with Crippen LogP contribution >= 0.6 is 11.3 Å². The van der Waals surface area contributed by atoms with Gasteiger partial charge in [0.2, 0.25) is 5.91 Å². The van der Waals surface area contributed by atoms with E-state index in [4.69, 9.17) is 0 Å². The van der Waals surface area contributed by atoms with Crippen LogP contribution in [0.2, 0.25) is 0 Å². The summed E-state index contributed by atoms with van der Waals surface area (Å²) < 4.78 is 38.0. The smallest absolute Gasteiger partial charge is 0.351 e. The number of aromatic nitrogens is 1. The molecule has 27 heavy (non-hydrogen) atoms. The molecular formula is C19H22F3N3OS. The lowest BCUT2D eigenvalue weighted by Crippen LogP contribution is -2.38. The maximum absolute atomic E-state index is 12.7. The number of carbonyl (C=O) groups excluding carboxylic acids is 1. The van der Waals surface area contributed by atoms with Gasteiger partial charge in [-0.2, -0.15) is 13.2 Å². The number of alkyl halides is 3. The normalized spacial score (nSPS) is 17.6. The number of carbonyl (C=O) groups is 1.